The molecule has 0 aliphatic carbocycles. The normalized spacial score (nSPS) is 10.9. The highest BCUT2D eigenvalue weighted by atomic mass is 32.1. The molecule has 2 aromatic rings. The zero-order chi connectivity index (χ0) is 16.8. The maximum absolute atomic E-state index is 12.5. The molecule has 2 rings (SSSR count). The van der Waals surface area contributed by atoms with Gasteiger partial charge in [0, 0.05) is 18.0 Å². The first-order chi connectivity index (χ1) is 11.0. The fourth-order valence-electron chi connectivity index (χ4n) is 2.15. The minimum atomic E-state index is -0.923. The lowest BCUT2D eigenvalue weighted by molar-refractivity contribution is -0.137. The van der Waals surface area contributed by atoms with Crippen molar-refractivity contribution in [3.63, 3.8) is 0 Å². The number of carboxylic acid groups (broad SMARTS) is 1. The topological polar surface area (TPSA) is 88.3 Å². The minimum absolute atomic E-state index is 0.0816. The van der Waals surface area contributed by atoms with Crippen molar-refractivity contribution < 1.29 is 14.7 Å². The molecule has 124 valence electrons. The Labute approximate surface area is 138 Å². The molecule has 8 heteroatoms. The summed E-state index contributed by atoms with van der Waals surface area (Å²) in [7, 11) is 0. The fourth-order valence-corrected chi connectivity index (χ4v) is 2.84. The third kappa shape index (κ3) is 5.17. The van der Waals surface area contributed by atoms with E-state index >= 15 is 0 Å². The van der Waals surface area contributed by atoms with Crippen LogP contribution in [0.5, 0.6) is 0 Å². The highest BCUT2D eigenvalue weighted by Gasteiger charge is 2.20. The summed E-state index contributed by atoms with van der Waals surface area (Å²) >= 11 is 1.61. The largest absolute Gasteiger partial charge is 0.481 e. The molecule has 2 aromatic heterocycles. The molecule has 0 aromatic carbocycles. The Bertz CT molecular complexity index is 651. The monoisotopic (exact) mass is 336 g/mol. The molecular formula is C15H20N4O3S. The van der Waals surface area contributed by atoms with Gasteiger partial charge >= 0.3 is 5.97 Å². The number of aromatic nitrogens is 3. The van der Waals surface area contributed by atoms with Gasteiger partial charge in [-0.05, 0) is 17.4 Å². The zero-order valence-electron chi connectivity index (χ0n) is 13.2. The van der Waals surface area contributed by atoms with Crippen LogP contribution in [0.15, 0.2) is 23.7 Å². The maximum Gasteiger partial charge on any atom is 0.305 e. The van der Waals surface area contributed by atoms with Gasteiger partial charge in [-0.3, -0.25) is 9.59 Å². The molecular weight excluding hydrogens is 316 g/mol. The summed E-state index contributed by atoms with van der Waals surface area (Å²) in [4.78, 5) is 25.9. The Hall–Kier alpha value is -2.22. The van der Waals surface area contributed by atoms with Gasteiger partial charge in [0.05, 0.1) is 19.2 Å². The Morgan fingerprint density at radius 2 is 2.22 bits per heavy atom. The summed E-state index contributed by atoms with van der Waals surface area (Å²) < 4.78 is 1.61. The smallest absolute Gasteiger partial charge is 0.305 e. The summed E-state index contributed by atoms with van der Waals surface area (Å²) in [6, 6.07) is 3.95. The van der Waals surface area contributed by atoms with E-state index in [9.17, 15) is 9.59 Å². The van der Waals surface area contributed by atoms with Crippen LogP contribution in [0, 0.1) is 5.92 Å². The third-order valence-electron chi connectivity index (χ3n) is 3.12. The first-order valence-electron chi connectivity index (χ1n) is 7.39. The molecule has 0 fully saturated rings. The SMILES string of the molecule is CC(C)CN(CCC(=O)O)C(=O)c1cn(Cc2cccs2)nn1. The van der Waals surface area contributed by atoms with Gasteiger partial charge in [-0.1, -0.05) is 25.1 Å². The van der Waals surface area contributed by atoms with Crippen molar-refractivity contribution in [1.82, 2.24) is 19.9 Å². The van der Waals surface area contributed by atoms with E-state index in [0.717, 1.165) is 4.88 Å². The quantitative estimate of drug-likeness (QED) is 0.796. The van der Waals surface area contributed by atoms with E-state index in [4.69, 9.17) is 5.11 Å². The molecule has 0 unspecified atom stereocenters. The first-order valence-corrected chi connectivity index (χ1v) is 8.27. The zero-order valence-corrected chi connectivity index (χ0v) is 14.0. The summed E-state index contributed by atoms with van der Waals surface area (Å²) in [5.74, 6) is -0.959. The first kappa shape index (κ1) is 17.1. The van der Waals surface area contributed by atoms with Gasteiger partial charge in [-0.25, -0.2) is 4.68 Å². The predicted molar refractivity (Wildman–Crippen MR) is 86.4 cm³/mol. The molecule has 0 bridgehead atoms. The van der Waals surface area contributed by atoms with Crippen molar-refractivity contribution in [1.29, 1.82) is 0 Å². The molecule has 0 saturated heterocycles. The third-order valence-corrected chi connectivity index (χ3v) is 3.99. The minimum Gasteiger partial charge on any atom is -0.481 e. The van der Waals surface area contributed by atoms with Crippen LogP contribution < -0.4 is 0 Å². The number of thiophene rings is 1. The van der Waals surface area contributed by atoms with Gasteiger partial charge in [-0.2, -0.15) is 0 Å². The number of nitrogens with zero attached hydrogens (tertiary/aromatic N) is 4. The second-order valence-corrected chi connectivity index (χ2v) is 6.70. The standard InChI is InChI=1S/C15H20N4O3S/c1-11(2)8-18(6-5-14(20)21)15(22)13-10-19(17-16-13)9-12-4-3-7-23-12/h3-4,7,10-11H,5-6,8-9H2,1-2H3,(H,20,21). The summed E-state index contributed by atoms with van der Waals surface area (Å²) in [5.41, 5.74) is 0.243. The molecule has 0 spiro atoms. The fraction of sp³-hybridized carbons (Fsp3) is 0.467. The van der Waals surface area contributed by atoms with Gasteiger partial charge in [0.25, 0.3) is 5.91 Å². The average Bonchev–Trinajstić information content (AvgIpc) is 3.14. The van der Waals surface area contributed by atoms with Crippen molar-refractivity contribution in [2.75, 3.05) is 13.1 Å². The van der Waals surface area contributed by atoms with Gasteiger partial charge in [-0.15, -0.1) is 16.4 Å². The number of carbonyl (C=O) groups is 2. The summed E-state index contributed by atoms with van der Waals surface area (Å²) in [5, 5.41) is 18.7. The van der Waals surface area contributed by atoms with Crippen LogP contribution in [0.4, 0.5) is 0 Å². The number of carboxylic acids is 1. The molecule has 1 amide bonds. The lowest BCUT2D eigenvalue weighted by Gasteiger charge is -2.22. The number of carbonyl (C=O) groups excluding carboxylic acids is 1. The van der Waals surface area contributed by atoms with Crippen LogP contribution in [0.25, 0.3) is 0 Å². The highest BCUT2D eigenvalue weighted by molar-refractivity contribution is 7.09. The summed E-state index contributed by atoms with van der Waals surface area (Å²) in [6.45, 7) is 5.19. The van der Waals surface area contributed by atoms with Crippen LogP contribution >= 0.6 is 11.3 Å². The van der Waals surface area contributed by atoms with Crippen molar-refractivity contribution >= 4 is 23.2 Å². The van der Waals surface area contributed by atoms with Gasteiger partial charge in [0.1, 0.15) is 0 Å². The van der Waals surface area contributed by atoms with E-state index in [2.05, 4.69) is 10.3 Å². The number of aliphatic carboxylic acids is 1. The van der Waals surface area contributed by atoms with Crippen LogP contribution in [0.2, 0.25) is 0 Å². The molecule has 0 saturated carbocycles. The van der Waals surface area contributed by atoms with Gasteiger partial charge < -0.3 is 10.0 Å². The Kier molecular flexibility index (Phi) is 5.86. The Balaban J connectivity index is 2.06. The van der Waals surface area contributed by atoms with Crippen molar-refractivity contribution in [2.24, 2.45) is 5.92 Å². The second-order valence-electron chi connectivity index (χ2n) is 5.67. The predicted octanol–water partition coefficient (Wildman–Crippen LogP) is 1.96. The molecule has 7 nitrogen and oxygen atoms in total. The summed E-state index contributed by atoms with van der Waals surface area (Å²) in [6.07, 6.45) is 1.53. The molecule has 1 N–H and O–H groups in total. The van der Waals surface area contributed by atoms with Gasteiger partial charge in [0.2, 0.25) is 0 Å². The lowest BCUT2D eigenvalue weighted by Crippen LogP contribution is -2.36. The maximum atomic E-state index is 12.5. The second kappa shape index (κ2) is 7.87. The number of hydrogen-bond donors (Lipinski definition) is 1. The molecule has 0 aliphatic rings. The molecule has 0 aliphatic heterocycles. The van der Waals surface area contributed by atoms with Crippen LogP contribution in [0.3, 0.4) is 0 Å². The van der Waals surface area contributed by atoms with Crippen LogP contribution in [0.1, 0.15) is 35.6 Å². The van der Waals surface area contributed by atoms with E-state index in [1.807, 2.05) is 31.4 Å². The molecule has 0 radical (unpaired) electrons. The van der Waals surface area contributed by atoms with E-state index in [-0.39, 0.29) is 30.5 Å². The Morgan fingerprint density at radius 3 is 2.83 bits per heavy atom. The highest BCUT2D eigenvalue weighted by Crippen LogP contribution is 2.11. The average molecular weight is 336 g/mol. The number of amides is 1. The number of rotatable bonds is 8. The van der Waals surface area contributed by atoms with Crippen molar-refractivity contribution in [3.8, 4) is 0 Å². The van der Waals surface area contributed by atoms with Gasteiger partial charge in [0.15, 0.2) is 5.69 Å². The van der Waals surface area contributed by atoms with Crippen molar-refractivity contribution in [3.05, 3.63) is 34.3 Å². The van der Waals surface area contributed by atoms with E-state index < -0.39 is 5.97 Å². The van der Waals surface area contributed by atoms with Crippen LogP contribution in [-0.4, -0.2) is 50.0 Å². The van der Waals surface area contributed by atoms with Crippen molar-refractivity contribution in [2.45, 2.75) is 26.8 Å². The van der Waals surface area contributed by atoms with E-state index in [1.54, 1.807) is 22.2 Å². The number of hydrogen-bond acceptors (Lipinski definition) is 5. The lowest BCUT2D eigenvalue weighted by atomic mass is 10.2. The Morgan fingerprint density at radius 1 is 1.43 bits per heavy atom. The van der Waals surface area contributed by atoms with E-state index in [1.165, 1.54) is 4.90 Å². The molecule has 0 atom stereocenters. The molecule has 2 heterocycles. The van der Waals surface area contributed by atoms with E-state index in [0.29, 0.717) is 13.1 Å². The molecule has 23 heavy (non-hydrogen) atoms. The van der Waals surface area contributed by atoms with Crippen LogP contribution in [-0.2, 0) is 11.3 Å².